The third kappa shape index (κ3) is 7.50. The molecule has 1 N–H and O–H groups in total. The van der Waals surface area contributed by atoms with Crippen molar-refractivity contribution in [2.45, 2.75) is 77.9 Å². The molecule has 0 spiro atoms. The minimum atomic E-state index is -4.08. The minimum Gasteiger partial charge on any atom is -0.352 e. The van der Waals surface area contributed by atoms with Crippen molar-refractivity contribution in [2.75, 3.05) is 10.8 Å². The monoisotopic (exact) mass is 563 g/mol. The van der Waals surface area contributed by atoms with E-state index >= 15 is 0 Å². The van der Waals surface area contributed by atoms with Crippen LogP contribution in [0.25, 0.3) is 0 Å². The van der Waals surface area contributed by atoms with Gasteiger partial charge in [0, 0.05) is 12.6 Å². The molecule has 0 saturated carbocycles. The summed E-state index contributed by atoms with van der Waals surface area (Å²) in [5.41, 5.74) is 4.22. The Labute approximate surface area is 239 Å². The van der Waals surface area contributed by atoms with Crippen LogP contribution in [0.3, 0.4) is 0 Å². The molecule has 40 heavy (non-hydrogen) atoms. The maximum absolute atomic E-state index is 14.1. The summed E-state index contributed by atoms with van der Waals surface area (Å²) in [6.07, 6.45) is 1.14. The van der Waals surface area contributed by atoms with Crippen molar-refractivity contribution in [2.24, 2.45) is 0 Å². The Kier molecular flexibility index (Phi) is 10.5. The van der Waals surface area contributed by atoms with E-state index in [4.69, 9.17) is 0 Å². The molecule has 214 valence electrons. The number of hydrogen-bond donors (Lipinski definition) is 1. The number of hydrogen-bond acceptors (Lipinski definition) is 4. The smallest absolute Gasteiger partial charge is 0.264 e. The number of rotatable bonds is 12. The average molecular weight is 564 g/mol. The first-order chi connectivity index (χ1) is 19.0. The van der Waals surface area contributed by atoms with Gasteiger partial charge in [-0.1, -0.05) is 67.9 Å². The number of carbonyl (C=O) groups is 2. The van der Waals surface area contributed by atoms with Gasteiger partial charge in [-0.05, 0) is 81.5 Å². The van der Waals surface area contributed by atoms with Crippen LogP contribution in [-0.2, 0) is 26.2 Å². The summed E-state index contributed by atoms with van der Waals surface area (Å²) in [5.74, 6) is -0.702. The third-order valence-electron chi connectivity index (χ3n) is 7.21. The minimum absolute atomic E-state index is 0.0528. The third-order valence-corrected chi connectivity index (χ3v) is 9.00. The molecule has 0 aliphatic heterocycles. The summed E-state index contributed by atoms with van der Waals surface area (Å²) >= 11 is 0. The van der Waals surface area contributed by atoms with Gasteiger partial charge in [0.25, 0.3) is 10.0 Å². The first-order valence-corrected chi connectivity index (χ1v) is 15.2. The number of aryl methyl sites for hydroxylation is 3. The van der Waals surface area contributed by atoms with Crippen molar-refractivity contribution in [1.82, 2.24) is 10.2 Å². The fourth-order valence-corrected chi connectivity index (χ4v) is 5.92. The fraction of sp³-hybridized carbons (Fsp3) is 0.375. The molecule has 0 fully saturated rings. The molecule has 7 nitrogen and oxygen atoms in total. The highest BCUT2D eigenvalue weighted by Crippen LogP contribution is 2.27. The molecule has 2 atom stereocenters. The van der Waals surface area contributed by atoms with E-state index in [1.54, 1.807) is 30.3 Å². The maximum atomic E-state index is 14.1. The number of nitrogens with zero attached hydrogens (tertiary/aromatic N) is 2. The second-order valence-corrected chi connectivity index (χ2v) is 12.2. The summed E-state index contributed by atoms with van der Waals surface area (Å²) in [4.78, 5) is 29.1. The zero-order valence-electron chi connectivity index (χ0n) is 24.3. The van der Waals surface area contributed by atoms with E-state index in [0.29, 0.717) is 12.1 Å². The lowest BCUT2D eigenvalue weighted by Crippen LogP contribution is -2.53. The standard InChI is InChI=1S/C32H41N3O4S/c1-7-26(6)33-32(37)30(8-2)34(21-27-14-12-13-23(3)19-27)31(36)22-35(28-18-17-24(4)25(5)20-28)40(38,39)29-15-10-9-11-16-29/h9-20,26,30H,7-8,21-22H2,1-6H3,(H,33,37)/t26-,30+/m1/s1. The van der Waals surface area contributed by atoms with Crippen LogP contribution < -0.4 is 9.62 Å². The van der Waals surface area contributed by atoms with Gasteiger partial charge in [0.15, 0.2) is 0 Å². The largest absolute Gasteiger partial charge is 0.352 e. The van der Waals surface area contributed by atoms with Gasteiger partial charge in [-0.25, -0.2) is 8.42 Å². The van der Waals surface area contributed by atoms with Gasteiger partial charge in [0.1, 0.15) is 12.6 Å². The lowest BCUT2D eigenvalue weighted by molar-refractivity contribution is -0.140. The Morgan fingerprint density at radius 3 is 2.15 bits per heavy atom. The van der Waals surface area contributed by atoms with Crippen molar-refractivity contribution in [3.63, 3.8) is 0 Å². The molecule has 2 amide bonds. The summed E-state index contributed by atoms with van der Waals surface area (Å²) in [6, 6.07) is 20.4. The van der Waals surface area contributed by atoms with E-state index in [1.807, 2.05) is 71.9 Å². The number of amides is 2. The van der Waals surface area contributed by atoms with Crippen LogP contribution >= 0.6 is 0 Å². The van der Waals surface area contributed by atoms with Crippen molar-refractivity contribution in [3.05, 3.63) is 95.1 Å². The number of sulfonamides is 1. The van der Waals surface area contributed by atoms with Gasteiger partial charge >= 0.3 is 0 Å². The normalized spacial score (nSPS) is 12.8. The van der Waals surface area contributed by atoms with Crippen LogP contribution in [0.2, 0.25) is 0 Å². The highest BCUT2D eigenvalue weighted by molar-refractivity contribution is 7.92. The number of carbonyl (C=O) groups excluding carboxylic acids is 2. The number of benzene rings is 3. The van der Waals surface area contributed by atoms with Gasteiger partial charge < -0.3 is 10.2 Å². The van der Waals surface area contributed by atoms with Gasteiger partial charge in [-0.3, -0.25) is 13.9 Å². The van der Waals surface area contributed by atoms with Crippen molar-refractivity contribution in [3.8, 4) is 0 Å². The van der Waals surface area contributed by atoms with Crippen LogP contribution in [-0.4, -0.2) is 43.8 Å². The molecule has 0 bridgehead atoms. The Morgan fingerprint density at radius 1 is 0.850 bits per heavy atom. The van der Waals surface area contributed by atoms with E-state index < -0.39 is 28.5 Å². The van der Waals surface area contributed by atoms with Gasteiger partial charge in [-0.2, -0.15) is 0 Å². The summed E-state index contributed by atoms with van der Waals surface area (Å²) < 4.78 is 29.0. The molecule has 0 aliphatic carbocycles. The van der Waals surface area contributed by atoms with E-state index in [-0.39, 0.29) is 23.4 Å². The predicted octanol–water partition coefficient (Wildman–Crippen LogP) is 5.53. The molecule has 0 aromatic heterocycles. The van der Waals surface area contributed by atoms with Crippen molar-refractivity contribution in [1.29, 1.82) is 0 Å². The molecule has 3 aromatic carbocycles. The first-order valence-electron chi connectivity index (χ1n) is 13.8. The van der Waals surface area contributed by atoms with Gasteiger partial charge in [-0.15, -0.1) is 0 Å². The molecule has 0 aliphatic rings. The van der Waals surface area contributed by atoms with E-state index in [0.717, 1.165) is 33.0 Å². The maximum Gasteiger partial charge on any atom is 0.264 e. The molecular weight excluding hydrogens is 522 g/mol. The second-order valence-electron chi connectivity index (χ2n) is 10.3. The van der Waals surface area contributed by atoms with Crippen LogP contribution in [0.15, 0.2) is 77.7 Å². The van der Waals surface area contributed by atoms with E-state index in [1.165, 1.54) is 17.0 Å². The summed E-state index contributed by atoms with van der Waals surface area (Å²) in [6.45, 7) is 11.3. The fourth-order valence-electron chi connectivity index (χ4n) is 4.50. The highest BCUT2D eigenvalue weighted by atomic mass is 32.2. The van der Waals surface area contributed by atoms with Crippen LogP contribution in [0, 0.1) is 20.8 Å². The average Bonchev–Trinajstić information content (AvgIpc) is 2.93. The molecule has 0 saturated heterocycles. The number of nitrogens with one attached hydrogen (secondary N) is 1. The Morgan fingerprint density at radius 2 is 1.55 bits per heavy atom. The topological polar surface area (TPSA) is 86.8 Å². The molecular formula is C32H41N3O4S. The lowest BCUT2D eigenvalue weighted by Gasteiger charge is -2.34. The quantitative estimate of drug-likeness (QED) is 0.314. The summed E-state index contributed by atoms with van der Waals surface area (Å²) in [7, 11) is -4.08. The van der Waals surface area contributed by atoms with Crippen LogP contribution in [0.5, 0.6) is 0 Å². The van der Waals surface area contributed by atoms with Crippen molar-refractivity contribution >= 4 is 27.5 Å². The predicted molar refractivity (Wildman–Crippen MR) is 161 cm³/mol. The van der Waals surface area contributed by atoms with Gasteiger partial charge in [0.2, 0.25) is 11.8 Å². The van der Waals surface area contributed by atoms with Crippen LogP contribution in [0.1, 0.15) is 55.9 Å². The van der Waals surface area contributed by atoms with E-state index in [2.05, 4.69) is 5.32 Å². The molecule has 0 radical (unpaired) electrons. The second kappa shape index (κ2) is 13.6. The summed E-state index contributed by atoms with van der Waals surface area (Å²) in [5, 5.41) is 3.00. The Balaban J connectivity index is 2.07. The molecule has 3 rings (SSSR count). The lowest BCUT2D eigenvalue weighted by atomic mass is 10.1. The van der Waals surface area contributed by atoms with Crippen molar-refractivity contribution < 1.29 is 18.0 Å². The Bertz CT molecular complexity index is 1420. The van der Waals surface area contributed by atoms with Gasteiger partial charge in [0.05, 0.1) is 10.6 Å². The SMILES string of the molecule is CC[C@@H](C)NC(=O)[C@H](CC)N(Cc1cccc(C)c1)C(=O)CN(c1ccc(C)c(C)c1)S(=O)(=O)c1ccccc1. The zero-order chi connectivity index (χ0) is 29.4. The van der Waals surface area contributed by atoms with E-state index in [9.17, 15) is 18.0 Å². The number of anilines is 1. The Hall–Kier alpha value is -3.65. The van der Waals surface area contributed by atoms with Crippen LogP contribution in [0.4, 0.5) is 5.69 Å². The zero-order valence-corrected chi connectivity index (χ0v) is 25.2. The highest BCUT2D eigenvalue weighted by Gasteiger charge is 2.34. The molecule has 0 heterocycles. The first kappa shape index (κ1) is 30.9. The molecule has 0 unspecified atom stereocenters. The molecule has 8 heteroatoms. The molecule has 3 aromatic rings.